The van der Waals surface area contributed by atoms with Crippen LogP contribution in [0.1, 0.15) is 71.6 Å². The van der Waals surface area contributed by atoms with Crippen LogP contribution in [0.2, 0.25) is 0 Å². The van der Waals surface area contributed by atoms with Gasteiger partial charge >= 0.3 is 0 Å². The largest absolute Gasteiger partial charge is 0.396 e. The molecule has 5 nitrogen and oxygen atoms in total. The van der Waals surface area contributed by atoms with E-state index in [-0.39, 0.29) is 10.8 Å². The van der Waals surface area contributed by atoms with E-state index in [0.717, 1.165) is 62.8 Å². The first-order valence-corrected chi connectivity index (χ1v) is 11.5. The third kappa shape index (κ3) is 3.20. The van der Waals surface area contributed by atoms with Gasteiger partial charge in [-0.25, -0.2) is 0 Å². The van der Waals surface area contributed by atoms with Crippen molar-refractivity contribution in [3.63, 3.8) is 0 Å². The molecule has 4 fully saturated rings. The number of ketones is 1. The van der Waals surface area contributed by atoms with E-state index >= 15 is 0 Å². The van der Waals surface area contributed by atoms with Crippen LogP contribution in [0.5, 0.6) is 0 Å². The average molecular weight is 403 g/mol. The highest BCUT2D eigenvalue weighted by molar-refractivity contribution is 5.87. The van der Waals surface area contributed by atoms with E-state index in [0.29, 0.717) is 43.0 Å². The minimum absolute atomic E-state index is 0.142. The normalized spacial score (nSPS) is 45.7. The van der Waals surface area contributed by atoms with Crippen LogP contribution in [0.4, 0.5) is 0 Å². The standard InChI is InChI=1S/C24H38N2O3/c1-16-14-24(28)15-17(26-29-13-5-12-25-4)8-11-23(24,3)19-9-10-22(2)18(21(16)19)6-7-20(22)27/h18-19,21,25,28H,1,5-15H2,2-4H3/t18-,19-,21-,22-,23+,24+/m0/s1. The van der Waals surface area contributed by atoms with Crippen molar-refractivity contribution in [3.8, 4) is 0 Å². The monoisotopic (exact) mass is 402 g/mol. The Hall–Kier alpha value is -1.20. The first-order valence-electron chi connectivity index (χ1n) is 11.5. The summed E-state index contributed by atoms with van der Waals surface area (Å²) in [4.78, 5) is 18.2. The van der Waals surface area contributed by atoms with E-state index in [4.69, 9.17) is 4.84 Å². The quantitative estimate of drug-likeness (QED) is 0.416. The first-order chi connectivity index (χ1) is 13.7. The van der Waals surface area contributed by atoms with E-state index < -0.39 is 5.60 Å². The Morgan fingerprint density at radius 2 is 2.00 bits per heavy atom. The zero-order valence-electron chi connectivity index (χ0n) is 18.4. The second kappa shape index (κ2) is 7.49. The molecule has 4 aliphatic carbocycles. The molecule has 4 aliphatic rings. The molecule has 6 atom stereocenters. The first kappa shape index (κ1) is 21.0. The summed E-state index contributed by atoms with van der Waals surface area (Å²) in [7, 11) is 1.93. The molecule has 0 amide bonds. The van der Waals surface area contributed by atoms with Crippen LogP contribution in [-0.2, 0) is 9.63 Å². The Kier molecular flexibility index (Phi) is 5.44. The van der Waals surface area contributed by atoms with Crippen LogP contribution in [-0.4, -0.2) is 42.4 Å². The summed E-state index contributed by atoms with van der Waals surface area (Å²) >= 11 is 0. The Bertz CT molecular complexity index is 719. The summed E-state index contributed by atoms with van der Waals surface area (Å²) in [5.74, 6) is 1.65. The summed E-state index contributed by atoms with van der Waals surface area (Å²) in [6, 6.07) is 0. The molecule has 4 rings (SSSR count). The molecule has 4 saturated carbocycles. The van der Waals surface area contributed by atoms with Crippen LogP contribution >= 0.6 is 0 Å². The van der Waals surface area contributed by atoms with Crippen molar-refractivity contribution in [2.75, 3.05) is 20.2 Å². The maximum absolute atomic E-state index is 12.6. The van der Waals surface area contributed by atoms with Gasteiger partial charge in [0.15, 0.2) is 0 Å². The van der Waals surface area contributed by atoms with Crippen LogP contribution in [0.25, 0.3) is 0 Å². The minimum Gasteiger partial charge on any atom is -0.396 e. The number of fused-ring (bicyclic) bond motifs is 5. The van der Waals surface area contributed by atoms with Crippen molar-refractivity contribution in [1.82, 2.24) is 5.32 Å². The molecular weight excluding hydrogens is 364 g/mol. The molecule has 2 N–H and O–H groups in total. The number of nitrogens with zero attached hydrogens (tertiary/aromatic N) is 1. The van der Waals surface area contributed by atoms with Crippen molar-refractivity contribution in [1.29, 1.82) is 0 Å². The molecule has 0 aromatic heterocycles. The lowest BCUT2D eigenvalue weighted by Gasteiger charge is -2.63. The predicted octanol–water partition coefficient (Wildman–Crippen LogP) is 3.86. The van der Waals surface area contributed by atoms with Gasteiger partial charge in [0.25, 0.3) is 0 Å². The summed E-state index contributed by atoms with van der Waals surface area (Å²) in [6.07, 6.45) is 7.67. The van der Waals surface area contributed by atoms with E-state index in [1.165, 1.54) is 0 Å². The number of aliphatic hydroxyl groups is 1. The van der Waals surface area contributed by atoms with Gasteiger partial charge in [0.2, 0.25) is 0 Å². The second-order valence-corrected chi connectivity index (χ2v) is 10.6. The number of rotatable bonds is 5. The second-order valence-electron chi connectivity index (χ2n) is 10.6. The van der Waals surface area contributed by atoms with Gasteiger partial charge in [0.05, 0.1) is 11.3 Å². The number of carbonyl (C=O) groups excluding carboxylic acids is 1. The van der Waals surface area contributed by atoms with Gasteiger partial charge in [-0.05, 0) is 76.3 Å². The van der Waals surface area contributed by atoms with Crippen molar-refractivity contribution in [2.24, 2.45) is 33.7 Å². The third-order valence-electron chi connectivity index (χ3n) is 9.14. The SMILES string of the molecule is C=C1C[C@@]2(O)CC(=NOCCCNC)CC[C@]2(C)[C@H]2CC[C@]3(C)C(=O)CC[C@H]3[C@H]12. The molecule has 0 unspecified atom stereocenters. The number of oxime groups is 1. The van der Waals surface area contributed by atoms with Gasteiger partial charge in [-0.3, -0.25) is 4.79 Å². The van der Waals surface area contributed by atoms with Gasteiger partial charge < -0.3 is 15.3 Å². The van der Waals surface area contributed by atoms with Crippen molar-refractivity contribution >= 4 is 11.5 Å². The highest BCUT2D eigenvalue weighted by Gasteiger charge is 2.65. The molecule has 0 radical (unpaired) electrons. The van der Waals surface area contributed by atoms with Gasteiger partial charge in [0.1, 0.15) is 12.4 Å². The lowest BCUT2D eigenvalue weighted by Crippen LogP contribution is -2.63. The predicted molar refractivity (Wildman–Crippen MR) is 115 cm³/mol. The Balaban J connectivity index is 1.53. The molecule has 162 valence electrons. The zero-order valence-corrected chi connectivity index (χ0v) is 18.4. The molecule has 0 heterocycles. The van der Waals surface area contributed by atoms with Crippen molar-refractivity contribution < 1.29 is 14.7 Å². The maximum atomic E-state index is 12.6. The van der Waals surface area contributed by atoms with Gasteiger partial charge in [0, 0.05) is 23.7 Å². The van der Waals surface area contributed by atoms with Crippen LogP contribution < -0.4 is 5.32 Å². The van der Waals surface area contributed by atoms with Gasteiger partial charge in [-0.15, -0.1) is 0 Å². The highest BCUT2D eigenvalue weighted by Crippen LogP contribution is 2.67. The summed E-state index contributed by atoms with van der Waals surface area (Å²) < 4.78 is 0. The van der Waals surface area contributed by atoms with Crippen molar-refractivity contribution in [2.45, 2.75) is 77.2 Å². The van der Waals surface area contributed by atoms with E-state index in [1.54, 1.807) is 0 Å². The highest BCUT2D eigenvalue weighted by atomic mass is 16.6. The average Bonchev–Trinajstić information content (AvgIpc) is 2.98. The van der Waals surface area contributed by atoms with Gasteiger partial charge in [-0.1, -0.05) is 31.2 Å². The zero-order chi connectivity index (χ0) is 20.9. The number of Topliss-reactive ketones (excluding diaryl/α,β-unsaturated/α-hetero) is 1. The number of nitrogens with one attached hydrogen (secondary N) is 1. The van der Waals surface area contributed by atoms with E-state index in [9.17, 15) is 9.90 Å². The van der Waals surface area contributed by atoms with Crippen LogP contribution in [0, 0.1) is 28.6 Å². The van der Waals surface area contributed by atoms with Crippen LogP contribution in [0.3, 0.4) is 0 Å². The molecule has 0 aromatic carbocycles. The fourth-order valence-electron chi connectivity index (χ4n) is 7.28. The molecule has 0 bridgehead atoms. The molecule has 0 aliphatic heterocycles. The lowest BCUT2D eigenvalue weighted by molar-refractivity contribution is -0.170. The molecule has 0 aromatic rings. The molecular formula is C24H38N2O3. The summed E-state index contributed by atoms with van der Waals surface area (Å²) in [5, 5.41) is 19.3. The molecule has 5 heteroatoms. The summed E-state index contributed by atoms with van der Waals surface area (Å²) in [5.41, 5.74) is 1.04. The minimum atomic E-state index is -0.799. The number of carbonyl (C=O) groups is 1. The fourth-order valence-corrected chi connectivity index (χ4v) is 7.28. The maximum Gasteiger partial charge on any atom is 0.139 e. The fraction of sp³-hybridized carbons (Fsp3) is 0.833. The Morgan fingerprint density at radius 3 is 2.76 bits per heavy atom. The third-order valence-corrected chi connectivity index (χ3v) is 9.14. The smallest absolute Gasteiger partial charge is 0.139 e. The topological polar surface area (TPSA) is 70.9 Å². The Morgan fingerprint density at radius 1 is 1.21 bits per heavy atom. The molecule has 0 saturated heterocycles. The number of hydrogen-bond acceptors (Lipinski definition) is 5. The lowest BCUT2D eigenvalue weighted by atomic mass is 9.43. The van der Waals surface area contributed by atoms with E-state index in [2.05, 4.69) is 30.9 Å². The van der Waals surface area contributed by atoms with Crippen molar-refractivity contribution in [3.05, 3.63) is 12.2 Å². The van der Waals surface area contributed by atoms with E-state index in [1.807, 2.05) is 7.05 Å². The molecule has 0 spiro atoms. The molecule has 29 heavy (non-hydrogen) atoms. The Labute approximate surface area is 175 Å². The van der Waals surface area contributed by atoms with Crippen LogP contribution in [0.15, 0.2) is 17.3 Å². The summed E-state index contributed by atoms with van der Waals surface area (Å²) in [6.45, 7) is 10.5. The number of hydrogen-bond donors (Lipinski definition) is 2. The van der Waals surface area contributed by atoms with Gasteiger partial charge in [-0.2, -0.15) is 0 Å².